The molecule has 450 valence electrons. The van der Waals surface area contributed by atoms with E-state index in [9.17, 15) is 115 Å². The van der Waals surface area contributed by atoms with E-state index in [-0.39, 0.29) is 18.3 Å². The number of aromatic nitrogens is 1. The van der Waals surface area contributed by atoms with Crippen LogP contribution in [0, 0.1) is 0 Å². The number of ketones is 1. The average Bonchev–Trinajstić information content (AvgIpc) is 1.23. The highest BCUT2D eigenvalue weighted by atomic mass is 19.4. The summed E-state index contributed by atoms with van der Waals surface area (Å²) in [6.45, 7) is 2.91. The monoisotopic (exact) mass is 1220 g/mol. The van der Waals surface area contributed by atoms with Crippen LogP contribution in [0.5, 0.6) is 0 Å². The third-order valence-electron chi connectivity index (χ3n) is 12.7. The first-order valence-electron chi connectivity index (χ1n) is 24.1. The summed E-state index contributed by atoms with van der Waals surface area (Å²) in [7, 11) is 0. The Morgan fingerprint density at radius 3 is 0.928 bits per heavy atom. The number of hydrogen-bond acceptors (Lipinski definition) is 3. The molecule has 0 amide bonds. The van der Waals surface area contributed by atoms with Gasteiger partial charge in [-0.15, -0.1) is 0 Å². The van der Waals surface area contributed by atoms with Gasteiger partial charge < -0.3 is 4.74 Å². The Hall–Kier alpha value is -7.23. The summed E-state index contributed by atoms with van der Waals surface area (Å²) in [4.78, 5) is 24.2. The number of ether oxygens (including phenoxy) is 1. The Bertz CT molecular complexity index is 2770. The third kappa shape index (κ3) is 17.2. The van der Waals surface area contributed by atoms with Gasteiger partial charge in [-0.25, -0.2) is 4.79 Å². The molecule has 0 saturated heterocycles. The van der Waals surface area contributed by atoms with Crippen LogP contribution < -0.4 is 26.4 Å². The molecule has 83 heavy (non-hydrogen) atoms. The molecule has 0 fully saturated rings. The minimum absolute atomic E-state index is 0.0361. The van der Waals surface area contributed by atoms with Gasteiger partial charge in [0, 0.05) is 17.7 Å². The van der Waals surface area contributed by atoms with Crippen LogP contribution >= 0.6 is 0 Å². The molecule has 6 aromatic rings. The number of Topliss-reactive ketones (excluding diaryl/α,β-unsaturated/α-hetero) is 1. The van der Waals surface area contributed by atoms with Gasteiger partial charge in [-0.3, -0.25) is 4.79 Å². The molecule has 0 bridgehead atoms. The quantitative estimate of drug-likeness (QED) is 0.0257. The van der Waals surface area contributed by atoms with E-state index >= 15 is 0 Å². The summed E-state index contributed by atoms with van der Waals surface area (Å²) >= 11 is 0. The summed E-state index contributed by atoms with van der Waals surface area (Å²) in [5.41, 5.74) is -29.0. The van der Waals surface area contributed by atoms with E-state index in [4.69, 9.17) is 4.74 Å². The molecule has 0 N–H and O–H groups in total. The highest BCUT2D eigenvalue weighted by Crippen LogP contribution is 2.41. The fraction of sp³-hybridized carbons (Fsp3) is 0.315. The van der Waals surface area contributed by atoms with Crippen molar-refractivity contribution in [1.82, 2.24) is 0 Å². The predicted molar refractivity (Wildman–Crippen MR) is 251 cm³/mol. The summed E-state index contributed by atoms with van der Waals surface area (Å²) in [6.07, 6.45) is -44.4. The van der Waals surface area contributed by atoms with Crippen molar-refractivity contribution in [3.8, 4) is 0 Å². The largest absolute Gasteiger partial charge is 0.462 e. The fourth-order valence-electron chi connectivity index (χ4n) is 8.78. The van der Waals surface area contributed by atoms with E-state index in [0.717, 1.165) is 12.8 Å². The zero-order valence-corrected chi connectivity index (χ0v) is 42.1. The Balaban J connectivity index is 0.000000403. The van der Waals surface area contributed by atoms with Gasteiger partial charge in [-0.1, -0.05) is 118 Å². The second kappa shape index (κ2) is 24.9. The fourth-order valence-corrected chi connectivity index (χ4v) is 8.78. The van der Waals surface area contributed by atoms with Gasteiger partial charge in [-0.2, -0.15) is 132 Å². The molecular formula is C54H40BF24NO3. The third-order valence-corrected chi connectivity index (χ3v) is 12.7. The molecule has 0 radical (unpaired) electrons. The van der Waals surface area contributed by atoms with Crippen LogP contribution in [0.1, 0.15) is 111 Å². The van der Waals surface area contributed by atoms with Crippen LogP contribution in [0.3, 0.4) is 0 Å². The predicted octanol–water partition coefficient (Wildman–Crippen LogP) is 15.6. The van der Waals surface area contributed by atoms with Crippen molar-refractivity contribution >= 4 is 39.7 Å². The van der Waals surface area contributed by atoms with Crippen molar-refractivity contribution in [2.24, 2.45) is 0 Å². The normalized spacial score (nSPS) is 13.1. The standard InChI is InChI=1S/C32H12BF24.C22H28NO3/c34-25(35,36)13-1-14(26(37,38)39)6-21(5-13)33(22-7-15(27(40,41)42)2-16(8-22)28(43,44)45,23-9-17(29(46,47)48)3-18(10-23)30(49,50)51)24-11-19(31(52,53)54)4-20(12-24)32(55,56)57;1-2-3-4-5-6-10-17-26-22(25)20-13-15-23(16-14-20)18-21(24)19-11-8-7-9-12-19/h1-12H;7-9,11-16H,2-6,10,17-18H2,1H3/q-1;+1. The van der Waals surface area contributed by atoms with Crippen LogP contribution in [0.4, 0.5) is 105 Å². The molecule has 0 aliphatic rings. The Labute approximate surface area is 454 Å². The highest BCUT2D eigenvalue weighted by molar-refractivity contribution is 7.20. The van der Waals surface area contributed by atoms with Gasteiger partial charge in [0.1, 0.15) is 6.15 Å². The molecule has 29 heteroatoms. The number of esters is 1. The second-order valence-electron chi connectivity index (χ2n) is 18.7. The maximum atomic E-state index is 14.2. The molecule has 0 saturated carbocycles. The lowest BCUT2D eigenvalue weighted by molar-refractivity contribution is -0.683. The Kier molecular flexibility index (Phi) is 20.0. The zero-order chi connectivity index (χ0) is 62.5. The van der Waals surface area contributed by atoms with Crippen LogP contribution in [-0.4, -0.2) is 24.5 Å². The van der Waals surface area contributed by atoms with E-state index in [1.165, 1.54) is 25.7 Å². The Morgan fingerprint density at radius 1 is 0.373 bits per heavy atom. The highest BCUT2D eigenvalue weighted by Gasteiger charge is 2.47. The van der Waals surface area contributed by atoms with Gasteiger partial charge in [0.2, 0.25) is 12.3 Å². The summed E-state index contributed by atoms with van der Waals surface area (Å²) in [6, 6.07) is 3.77. The first-order valence-corrected chi connectivity index (χ1v) is 24.1. The first-order chi connectivity index (χ1) is 38.0. The van der Waals surface area contributed by atoms with Gasteiger partial charge >= 0.3 is 55.4 Å². The number of rotatable bonds is 15. The van der Waals surface area contributed by atoms with E-state index in [1.807, 2.05) is 18.2 Å². The van der Waals surface area contributed by atoms with Crippen molar-refractivity contribution < 1.29 is 124 Å². The molecule has 0 atom stereocenters. The number of nitrogens with zero attached hydrogens (tertiary/aromatic N) is 1. The molecule has 0 spiro atoms. The number of alkyl halides is 24. The zero-order valence-electron chi connectivity index (χ0n) is 42.1. The van der Waals surface area contributed by atoms with Crippen LogP contribution in [0.15, 0.2) is 128 Å². The summed E-state index contributed by atoms with van der Waals surface area (Å²) in [5.74, 6) is -0.269. The van der Waals surface area contributed by atoms with Crippen LogP contribution in [-0.2, 0) is 60.7 Å². The average molecular weight is 1220 g/mol. The SMILES string of the molecule is CCCCCCCCOC(=O)c1cc[n+](CC(=O)c2ccccc2)cc1.FC(F)(F)c1cc([B-](c2cc(C(F)(F)F)cc(C(F)(F)F)c2)(c2cc(C(F)(F)F)cc(C(F)(F)F)c2)c2cc(C(F)(F)F)cc(C(F)(F)F)c2)cc(C(F)(F)F)c1. The Morgan fingerprint density at radius 2 is 0.651 bits per heavy atom. The van der Waals surface area contributed by atoms with E-state index in [2.05, 4.69) is 6.92 Å². The lowest BCUT2D eigenvalue weighted by Crippen LogP contribution is -2.75. The summed E-state index contributed by atoms with van der Waals surface area (Å²) in [5, 5.41) is 0. The molecule has 5 aromatic carbocycles. The number of halogens is 24. The number of pyridine rings is 1. The van der Waals surface area contributed by atoms with E-state index in [0.29, 0.717) is 17.7 Å². The van der Waals surface area contributed by atoms with Crippen LogP contribution in [0.25, 0.3) is 0 Å². The maximum Gasteiger partial charge on any atom is 0.416 e. The van der Waals surface area contributed by atoms with Crippen molar-refractivity contribution in [1.29, 1.82) is 0 Å². The lowest BCUT2D eigenvalue weighted by atomic mass is 9.12. The number of carbonyl (C=O) groups is 2. The molecule has 4 nitrogen and oxygen atoms in total. The van der Waals surface area contributed by atoms with Gasteiger partial charge in [0.25, 0.3) is 0 Å². The number of benzene rings is 5. The number of unbranched alkanes of at least 4 members (excludes halogenated alkanes) is 5. The second-order valence-corrected chi connectivity index (χ2v) is 18.7. The van der Waals surface area contributed by atoms with Crippen molar-refractivity contribution in [2.45, 2.75) is 101 Å². The number of hydrogen-bond donors (Lipinski definition) is 0. The maximum absolute atomic E-state index is 14.2. The van der Waals surface area contributed by atoms with Crippen LogP contribution in [0.2, 0.25) is 0 Å². The molecular weight excluding hydrogens is 1180 g/mol. The van der Waals surface area contributed by atoms with Crippen molar-refractivity contribution in [2.75, 3.05) is 6.61 Å². The lowest BCUT2D eigenvalue weighted by Gasteiger charge is -2.46. The first kappa shape index (κ1) is 66.6. The van der Waals surface area contributed by atoms with Gasteiger partial charge in [-0.05, 0) is 30.7 Å². The number of carbonyl (C=O) groups excluding carboxylic acids is 2. The van der Waals surface area contributed by atoms with Crippen molar-refractivity contribution in [3.05, 3.63) is 183 Å². The minimum atomic E-state index is -6.13. The molecule has 1 aromatic heterocycles. The molecule has 6 rings (SSSR count). The van der Waals surface area contributed by atoms with Crippen molar-refractivity contribution in [3.63, 3.8) is 0 Å². The smallest absolute Gasteiger partial charge is 0.416 e. The minimum Gasteiger partial charge on any atom is -0.462 e. The summed E-state index contributed by atoms with van der Waals surface area (Å²) < 4.78 is 348. The van der Waals surface area contributed by atoms with E-state index in [1.54, 1.807) is 41.2 Å². The molecule has 0 aliphatic heterocycles. The molecule has 0 unspecified atom stereocenters. The van der Waals surface area contributed by atoms with Gasteiger partial charge in [0.15, 0.2) is 12.4 Å². The molecule has 0 aliphatic carbocycles. The molecule has 1 heterocycles. The van der Waals surface area contributed by atoms with Gasteiger partial charge in [0.05, 0.1) is 56.7 Å². The topological polar surface area (TPSA) is 47.2 Å². The van der Waals surface area contributed by atoms with E-state index < -0.39 is 195 Å².